The Morgan fingerprint density at radius 1 is 1.00 bits per heavy atom. The Balaban J connectivity index is 1.95. The van der Waals surface area contributed by atoms with E-state index >= 15 is 0 Å². The van der Waals surface area contributed by atoms with Crippen LogP contribution in [0.2, 0.25) is 0 Å². The summed E-state index contributed by atoms with van der Waals surface area (Å²) in [5.41, 5.74) is 1.84. The number of hydrogen-bond donors (Lipinski definition) is 1. The molecule has 0 aliphatic carbocycles. The van der Waals surface area contributed by atoms with Gasteiger partial charge in [0.1, 0.15) is 0 Å². The van der Waals surface area contributed by atoms with Crippen molar-refractivity contribution < 1.29 is 14.3 Å². The molecule has 0 radical (unpaired) electrons. The van der Waals surface area contributed by atoms with Gasteiger partial charge in [-0.15, -0.1) is 0 Å². The first-order valence-electron chi connectivity index (χ1n) is 7.42. The molecule has 0 bridgehead atoms. The fourth-order valence-electron chi connectivity index (χ4n) is 2.17. The Labute approximate surface area is 135 Å². The van der Waals surface area contributed by atoms with Crippen molar-refractivity contribution in [3.05, 3.63) is 66.2 Å². The summed E-state index contributed by atoms with van der Waals surface area (Å²) < 4.78 is 4.54. The third kappa shape index (κ3) is 4.93. The van der Waals surface area contributed by atoms with Crippen molar-refractivity contribution in [2.45, 2.75) is 6.54 Å². The predicted octanol–water partition coefficient (Wildman–Crippen LogP) is 1.98. The Kier molecular flexibility index (Phi) is 6.32. The third-order valence-corrected chi connectivity index (χ3v) is 3.36. The van der Waals surface area contributed by atoms with Crippen LogP contribution < -0.4 is 10.2 Å². The molecular weight excluding hydrogens is 292 g/mol. The van der Waals surface area contributed by atoms with E-state index in [4.69, 9.17) is 0 Å². The van der Waals surface area contributed by atoms with Crippen molar-refractivity contribution >= 4 is 17.6 Å². The van der Waals surface area contributed by atoms with Crippen LogP contribution in [-0.4, -0.2) is 32.1 Å². The molecule has 0 aliphatic heterocycles. The number of carbonyl (C=O) groups excluding carboxylic acids is 2. The Bertz CT molecular complexity index is 629. The number of anilines is 1. The summed E-state index contributed by atoms with van der Waals surface area (Å²) in [7, 11) is 1.21. The number of nitrogens with zero attached hydrogens (tertiary/aromatic N) is 1. The summed E-state index contributed by atoms with van der Waals surface area (Å²) in [6, 6.07) is 19.1. The summed E-state index contributed by atoms with van der Waals surface area (Å²) in [6.45, 7) is 1.65. The van der Waals surface area contributed by atoms with Gasteiger partial charge in [0.2, 0.25) is 0 Å². The number of nitrogens with one attached hydrogen (secondary N) is 1. The molecule has 120 valence electrons. The Morgan fingerprint density at radius 2 is 1.61 bits per heavy atom. The Morgan fingerprint density at radius 3 is 2.22 bits per heavy atom. The topological polar surface area (TPSA) is 58.6 Å². The molecule has 0 unspecified atom stereocenters. The summed E-state index contributed by atoms with van der Waals surface area (Å²) in [6.07, 6.45) is 0. The summed E-state index contributed by atoms with van der Waals surface area (Å²) in [4.78, 5) is 25.1. The molecule has 0 aliphatic rings. The summed E-state index contributed by atoms with van der Waals surface area (Å²) >= 11 is 0. The normalized spacial score (nSPS) is 10.1. The van der Waals surface area contributed by atoms with Crippen LogP contribution in [0.25, 0.3) is 0 Å². The van der Waals surface area contributed by atoms with E-state index in [1.165, 1.54) is 12.0 Å². The lowest BCUT2D eigenvalue weighted by Crippen LogP contribution is -2.41. The van der Waals surface area contributed by atoms with Crippen LogP contribution in [0.4, 0.5) is 5.69 Å². The maximum atomic E-state index is 12.2. The first-order valence-corrected chi connectivity index (χ1v) is 7.42. The highest BCUT2D eigenvalue weighted by molar-refractivity contribution is 6.38. The first kappa shape index (κ1) is 16.7. The molecule has 2 aromatic carbocycles. The second kappa shape index (κ2) is 8.70. The van der Waals surface area contributed by atoms with E-state index < -0.39 is 11.9 Å². The Hall–Kier alpha value is -2.66. The van der Waals surface area contributed by atoms with Crippen LogP contribution in [0.5, 0.6) is 0 Å². The highest BCUT2D eigenvalue weighted by atomic mass is 16.5. The van der Waals surface area contributed by atoms with Gasteiger partial charge in [0.25, 0.3) is 0 Å². The second-order valence-corrected chi connectivity index (χ2v) is 4.95. The lowest BCUT2D eigenvalue weighted by Gasteiger charge is -2.21. The van der Waals surface area contributed by atoms with E-state index in [1.54, 1.807) is 12.1 Å². The van der Waals surface area contributed by atoms with E-state index in [0.29, 0.717) is 25.3 Å². The zero-order valence-corrected chi connectivity index (χ0v) is 13.1. The molecule has 1 N–H and O–H groups in total. The molecule has 0 saturated heterocycles. The summed E-state index contributed by atoms with van der Waals surface area (Å²) in [5.74, 6) is -1.53. The van der Waals surface area contributed by atoms with Crippen molar-refractivity contribution in [2.24, 2.45) is 0 Å². The van der Waals surface area contributed by atoms with Gasteiger partial charge in [-0.1, -0.05) is 48.5 Å². The SMILES string of the molecule is COC(=O)C(=O)N(CCNCc1ccccc1)c1ccccc1. The lowest BCUT2D eigenvalue weighted by molar-refractivity contribution is -0.151. The highest BCUT2D eigenvalue weighted by Gasteiger charge is 2.23. The lowest BCUT2D eigenvalue weighted by atomic mass is 10.2. The molecule has 5 nitrogen and oxygen atoms in total. The van der Waals surface area contributed by atoms with Gasteiger partial charge in [0, 0.05) is 25.3 Å². The molecular formula is C18H20N2O3. The average molecular weight is 312 g/mol. The molecule has 0 heterocycles. The summed E-state index contributed by atoms with van der Waals surface area (Å²) in [5, 5.41) is 3.27. The molecule has 0 aromatic heterocycles. The largest absolute Gasteiger partial charge is 0.462 e. The standard InChI is InChI=1S/C18H20N2O3/c1-23-18(22)17(21)20(16-10-6-3-7-11-16)13-12-19-14-15-8-4-2-5-9-15/h2-11,19H,12-14H2,1H3. The van der Waals surface area contributed by atoms with Gasteiger partial charge in [0.05, 0.1) is 7.11 Å². The number of esters is 1. The van der Waals surface area contributed by atoms with Crippen LogP contribution in [-0.2, 0) is 20.9 Å². The van der Waals surface area contributed by atoms with Crippen molar-refractivity contribution in [3.8, 4) is 0 Å². The quantitative estimate of drug-likeness (QED) is 0.503. The van der Waals surface area contributed by atoms with Gasteiger partial charge in [-0.3, -0.25) is 4.79 Å². The van der Waals surface area contributed by atoms with Gasteiger partial charge >= 0.3 is 11.9 Å². The van der Waals surface area contributed by atoms with Gasteiger partial charge in [0.15, 0.2) is 0 Å². The first-order chi connectivity index (χ1) is 11.2. The van der Waals surface area contributed by atoms with Crippen LogP contribution >= 0.6 is 0 Å². The zero-order chi connectivity index (χ0) is 16.5. The van der Waals surface area contributed by atoms with Crippen molar-refractivity contribution in [1.82, 2.24) is 5.32 Å². The smallest absolute Gasteiger partial charge is 0.397 e. The fourth-order valence-corrected chi connectivity index (χ4v) is 2.17. The average Bonchev–Trinajstić information content (AvgIpc) is 2.62. The number of para-hydroxylation sites is 1. The van der Waals surface area contributed by atoms with Gasteiger partial charge in [-0.25, -0.2) is 4.79 Å². The minimum Gasteiger partial charge on any atom is -0.462 e. The van der Waals surface area contributed by atoms with E-state index in [2.05, 4.69) is 10.1 Å². The second-order valence-electron chi connectivity index (χ2n) is 4.95. The number of hydrogen-bond acceptors (Lipinski definition) is 4. The van der Waals surface area contributed by atoms with Crippen LogP contribution in [0.3, 0.4) is 0 Å². The molecule has 0 atom stereocenters. The number of carbonyl (C=O) groups is 2. The number of ether oxygens (including phenoxy) is 1. The number of rotatable bonds is 6. The van der Waals surface area contributed by atoms with Crippen molar-refractivity contribution in [2.75, 3.05) is 25.1 Å². The maximum absolute atomic E-state index is 12.2. The van der Waals surface area contributed by atoms with Gasteiger partial charge in [-0.05, 0) is 17.7 Å². The van der Waals surface area contributed by atoms with E-state index in [1.807, 2.05) is 48.5 Å². The van der Waals surface area contributed by atoms with Crippen LogP contribution in [0.1, 0.15) is 5.56 Å². The molecule has 23 heavy (non-hydrogen) atoms. The molecule has 2 aromatic rings. The molecule has 0 saturated carbocycles. The zero-order valence-electron chi connectivity index (χ0n) is 13.1. The third-order valence-electron chi connectivity index (χ3n) is 3.36. The molecule has 5 heteroatoms. The van der Waals surface area contributed by atoms with Crippen molar-refractivity contribution in [1.29, 1.82) is 0 Å². The van der Waals surface area contributed by atoms with Gasteiger partial charge < -0.3 is 15.0 Å². The van der Waals surface area contributed by atoms with E-state index in [0.717, 1.165) is 5.56 Å². The number of methoxy groups -OCH3 is 1. The molecule has 2 rings (SSSR count). The van der Waals surface area contributed by atoms with E-state index in [9.17, 15) is 9.59 Å². The molecule has 1 amide bonds. The molecule has 0 spiro atoms. The molecule has 0 fully saturated rings. The van der Waals surface area contributed by atoms with Gasteiger partial charge in [-0.2, -0.15) is 0 Å². The number of benzene rings is 2. The van der Waals surface area contributed by atoms with Crippen LogP contribution in [0, 0.1) is 0 Å². The number of amides is 1. The fraction of sp³-hybridized carbons (Fsp3) is 0.222. The monoisotopic (exact) mass is 312 g/mol. The highest BCUT2D eigenvalue weighted by Crippen LogP contribution is 2.13. The minimum absolute atomic E-state index is 0.380. The van der Waals surface area contributed by atoms with Crippen molar-refractivity contribution in [3.63, 3.8) is 0 Å². The maximum Gasteiger partial charge on any atom is 0.397 e. The van der Waals surface area contributed by atoms with E-state index in [-0.39, 0.29) is 0 Å². The minimum atomic E-state index is -0.864. The predicted molar refractivity (Wildman–Crippen MR) is 89.0 cm³/mol. The van der Waals surface area contributed by atoms with Crippen LogP contribution in [0.15, 0.2) is 60.7 Å².